The van der Waals surface area contributed by atoms with Crippen LogP contribution in [0.15, 0.2) is 48.5 Å². The summed E-state index contributed by atoms with van der Waals surface area (Å²) in [6, 6.07) is 15.5. The first-order valence-corrected chi connectivity index (χ1v) is 8.64. The number of hydrogen-bond acceptors (Lipinski definition) is 5. The smallest absolute Gasteiger partial charge is 0.238 e. The maximum absolute atomic E-state index is 12.4. The SMILES string of the molecule is COc1ccc(NC(=O)CN(CCN)CCc2ccccc2)cc1OC.Cl. The van der Waals surface area contributed by atoms with Crippen LogP contribution in [0.5, 0.6) is 11.5 Å². The minimum absolute atomic E-state index is 0. The van der Waals surface area contributed by atoms with Crippen molar-refractivity contribution >= 4 is 24.0 Å². The van der Waals surface area contributed by atoms with Crippen molar-refractivity contribution in [1.29, 1.82) is 0 Å². The van der Waals surface area contributed by atoms with E-state index in [9.17, 15) is 4.79 Å². The number of hydrogen-bond donors (Lipinski definition) is 2. The highest BCUT2D eigenvalue weighted by atomic mass is 35.5. The topological polar surface area (TPSA) is 76.8 Å². The zero-order valence-corrected chi connectivity index (χ0v) is 16.6. The molecule has 0 unspecified atom stereocenters. The zero-order chi connectivity index (χ0) is 18.8. The Morgan fingerprint density at radius 2 is 1.74 bits per heavy atom. The first-order valence-electron chi connectivity index (χ1n) is 8.64. The Kier molecular flexibility index (Phi) is 10.3. The van der Waals surface area contributed by atoms with E-state index in [0.717, 1.165) is 13.0 Å². The molecule has 0 aliphatic carbocycles. The minimum atomic E-state index is -0.0845. The van der Waals surface area contributed by atoms with Crippen LogP contribution < -0.4 is 20.5 Å². The molecule has 7 heteroatoms. The van der Waals surface area contributed by atoms with Gasteiger partial charge in [-0.3, -0.25) is 9.69 Å². The highest BCUT2D eigenvalue weighted by molar-refractivity contribution is 5.92. The van der Waals surface area contributed by atoms with Gasteiger partial charge in [0.2, 0.25) is 5.91 Å². The molecule has 3 N–H and O–H groups in total. The molecule has 27 heavy (non-hydrogen) atoms. The van der Waals surface area contributed by atoms with E-state index in [4.69, 9.17) is 15.2 Å². The van der Waals surface area contributed by atoms with E-state index in [-0.39, 0.29) is 18.3 Å². The fraction of sp³-hybridized carbons (Fsp3) is 0.350. The molecule has 0 saturated heterocycles. The predicted molar refractivity (Wildman–Crippen MR) is 111 cm³/mol. The summed E-state index contributed by atoms with van der Waals surface area (Å²) in [5, 5.41) is 2.90. The first kappa shape index (κ1) is 22.8. The standard InChI is InChI=1S/C20H27N3O3.ClH/c1-25-18-9-8-17(14-19(18)26-2)22-20(24)15-23(13-11-21)12-10-16-6-4-3-5-7-16;/h3-9,14H,10-13,15,21H2,1-2H3,(H,22,24);1H. The number of nitrogens with one attached hydrogen (secondary N) is 1. The van der Waals surface area contributed by atoms with Gasteiger partial charge in [0, 0.05) is 31.4 Å². The first-order chi connectivity index (χ1) is 12.7. The maximum Gasteiger partial charge on any atom is 0.238 e. The molecule has 2 rings (SSSR count). The number of methoxy groups -OCH3 is 2. The molecule has 0 bridgehead atoms. The van der Waals surface area contributed by atoms with E-state index < -0.39 is 0 Å². The van der Waals surface area contributed by atoms with Crippen LogP contribution in [0.1, 0.15) is 5.56 Å². The Bertz CT molecular complexity index is 698. The number of carbonyl (C=O) groups is 1. The number of carbonyl (C=O) groups excluding carboxylic acids is 1. The van der Waals surface area contributed by atoms with Crippen molar-refractivity contribution in [3.8, 4) is 11.5 Å². The summed E-state index contributed by atoms with van der Waals surface area (Å²) in [6.45, 7) is 2.25. The molecular formula is C20H28ClN3O3. The summed E-state index contributed by atoms with van der Waals surface area (Å²) in [4.78, 5) is 14.5. The Morgan fingerprint density at radius 3 is 2.37 bits per heavy atom. The number of halogens is 1. The van der Waals surface area contributed by atoms with Gasteiger partial charge in [-0.25, -0.2) is 0 Å². The number of amides is 1. The third kappa shape index (κ3) is 7.46. The maximum atomic E-state index is 12.4. The van der Waals surface area contributed by atoms with Gasteiger partial charge in [0.25, 0.3) is 0 Å². The van der Waals surface area contributed by atoms with Crippen molar-refractivity contribution in [3.05, 3.63) is 54.1 Å². The highest BCUT2D eigenvalue weighted by Gasteiger charge is 2.12. The van der Waals surface area contributed by atoms with Gasteiger partial charge in [-0.1, -0.05) is 30.3 Å². The average molecular weight is 394 g/mol. The molecule has 0 radical (unpaired) electrons. The number of benzene rings is 2. The molecule has 148 valence electrons. The number of nitrogens with two attached hydrogens (primary N) is 1. The van der Waals surface area contributed by atoms with Crippen LogP contribution >= 0.6 is 12.4 Å². The molecular weight excluding hydrogens is 366 g/mol. The Labute approximate surface area is 167 Å². The third-order valence-electron chi connectivity index (χ3n) is 4.04. The summed E-state index contributed by atoms with van der Waals surface area (Å²) < 4.78 is 10.5. The van der Waals surface area contributed by atoms with E-state index in [2.05, 4.69) is 22.3 Å². The molecule has 0 aromatic heterocycles. The molecule has 6 nitrogen and oxygen atoms in total. The van der Waals surface area contributed by atoms with Crippen LogP contribution in [0.25, 0.3) is 0 Å². The molecule has 2 aromatic rings. The van der Waals surface area contributed by atoms with E-state index >= 15 is 0 Å². The number of ether oxygens (including phenoxy) is 2. The van der Waals surface area contributed by atoms with Gasteiger partial charge in [0.15, 0.2) is 11.5 Å². The van der Waals surface area contributed by atoms with E-state index in [1.165, 1.54) is 5.56 Å². The number of anilines is 1. The van der Waals surface area contributed by atoms with Crippen LogP contribution in [0, 0.1) is 0 Å². The summed E-state index contributed by atoms with van der Waals surface area (Å²) in [5.41, 5.74) is 7.61. The second kappa shape index (κ2) is 12.2. The average Bonchev–Trinajstić information content (AvgIpc) is 2.67. The van der Waals surface area contributed by atoms with Gasteiger partial charge in [-0.2, -0.15) is 0 Å². The van der Waals surface area contributed by atoms with Crippen molar-refractivity contribution in [2.75, 3.05) is 45.7 Å². The van der Waals surface area contributed by atoms with Crippen molar-refractivity contribution in [2.24, 2.45) is 5.73 Å². The summed E-state index contributed by atoms with van der Waals surface area (Å²) in [6.07, 6.45) is 0.879. The van der Waals surface area contributed by atoms with Crippen molar-refractivity contribution in [1.82, 2.24) is 4.90 Å². The fourth-order valence-electron chi connectivity index (χ4n) is 2.70. The summed E-state index contributed by atoms with van der Waals surface area (Å²) in [5.74, 6) is 1.12. The molecule has 0 spiro atoms. The molecule has 0 heterocycles. The predicted octanol–water partition coefficient (Wildman–Crippen LogP) is 2.57. The fourth-order valence-corrected chi connectivity index (χ4v) is 2.70. The number of rotatable bonds is 10. The summed E-state index contributed by atoms with van der Waals surface area (Å²) >= 11 is 0. The normalized spacial score (nSPS) is 10.2. The van der Waals surface area contributed by atoms with Crippen LogP contribution in [0.3, 0.4) is 0 Å². The van der Waals surface area contributed by atoms with Gasteiger partial charge >= 0.3 is 0 Å². The molecule has 2 aromatic carbocycles. The third-order valence-corrected chi connectivity index (χ3v) is 4.04. The number of nitrogens with zero attached hydrogens (tertiary/aromatic N) is 1. The van der Waals surface area contributed by atoms with Crippen LogP contribution in [-0.2, 0) is 11.2 Å². The second-order valence-corrected chi connectivity index (χ2v) is 5.92. The minimum Gasteiger partial charge on any atom is -0.493 e. The monoisotopic (exact) mass is 393 g/mol. The Balaban J connectivity index is 0.00000364. The molecule has 1 amide bonds. The summed E-state index contributed by atoms with van der Waals surface area (Å²) in [7, 11) is 3.14. The van der Waals surface area contributed by atoms with Gasteiger partial charge in [0.05, 0.1) is 20.8 Å². The van der Waals surface area contributed by atoms with Gasteiger partial charge in [-0.15, -0.1) is 12.4 Å². The van der Waals surface area contributed by atoms with Crippen LogP contribution in [-0.4, -0.2) is 51.2 Å². The van der Waals surface area contributed by atoms with Gasteiger partial charge in [-0.05, 0) is 24.1 Å². The zero-order valence-electron chi connectivity index (χ0n) is 15.8. The molecule has 0 saturated carbocycles. The van der Waals surface area contributed by atoms with Gasteiger partial charge < -0.3 is 20.5 Å². The van der Waals surface area contributed by atoms with Crippen LogP contribution in [0.2, 0.25) is 0 Å². The lowest BCUT2D eigenvalue weighted by molar-refractivity contribution is -0.117. The lowest BCUT2D eigenvalue weighted by Crippen LogP contribution is -2.38. The quantitative estimate of drug-likeness (QED) is 0.648. The highest BCUT2D eigenvalue weighted by Crippen LogP contribution is 2.29. The van der Waals surface area contributed by atoms with E-state index in [1.807, 2.05) is 18.2 Å². The second-order valence-electron chi connectivity index (χ2n) is 5.92. The lowest BCUT2D eigenvalue weighted by Gasteiger charge is -2.21. The molecule has 0 fully saturated rings. The lowest BCUT2D eigenvalue weighted by atomic mass is 10.1. The van der Waals surface area contributed by atoms with Gasteiger partial charge in [0.1, 0.15) is 0 Å². The van der Waals surface area contributed by atoms with Crippen molar-refractivity contribution < 1.29 is 14.3 Å². The van der Waals surface area contributed by atoms with E-state index in [0.29, 0.717) is 36.8 Å². The largest absolute Gasteiger partial charge is 0.493 e. The van der Waals surface area contributed by atoms with Crippen LogP contribution in [0.4, 0.5) is 5.69 Å². The molecule has 0 aliphatic heterocycles. The molecule has 0 atom stereocenters. The van der Waals surface area contributed by atoms with Crippen molar-refractivity contribution in [3.63, 3.8) is 0 Å². The van der Waals surface area contributed by atoms with Crippen molar-refractivity contribution in [2.45, 2.75) is 6.42 Å². The Hall–Kier alpha value is -2.28. The molecule has 0 aliphatic rings. The van der Waals surface area contributed by atoms with E-state index in [1.54, 1.807) is 32.4 Å². The Morgan fingerprint density at radius 1 is 1.04 bits per heavy atom.